The SMILES string of the molecule is N#Cc1cccc(-c2cc(-c3cccc(-n4c5ccccc5c5cc(C#N)ccc54)c3)cc(-n3c4ccccc4c4ccccc43)c2)c1. The molecule has 0 radical (unpaired) electrons. The van der Waals surface area contributed by atoms with Gasteiger partial charge >= 0.3 is 0 Å². The predicted octanol–water partition coefficient (Wildman–Crippen LogP) is 11.0. The lowest BCUT2D eigenvalue weighted by molar-refractivity contribution is 1.17. The average molecular weight is 611 g/mol. The topological polar surface area (TPSA) is 57.4 Å². The molecule has 7 aromatic carbocycles. The molecule has 9 aromatic rings. The van der Waals surface area contributed by atoms with E-state index in [2.05, 4.69) is 137 Å². The summed E-state index contributed by atoms with van der Waals surface area (Å²) in [6.45, 7) is 0. The zero-order chi connectivity index (χ0) is 32.2. The largest absolute Gasteiger partial charge is 0.309 e. The Morgan fingerprint density at radius 3 is 1.44 bits per heavy atom. The normalized spacial score (nSPS) is 11.3. The summed E-state index contributed by atoms with van der Waals surface area (Å²) in [6, 6.07) is 59.2. The molecule has 0 aliphatic rings. The minimum atomic E-state index is 0.629. The Kier molecular flexibility index (Phi) is 6.22. The van der Waals surface area contributed by atoms with Crippen molar-refractivity contribution in [2.45, 2.75) is 0 Å². The van der Waals surface area contributed by atoms with Crippen molar-refractivity contribution in [1.29, 1.82) is 10.5 Å². The Balaban J connectivity index is 1.30. The van der Waals surface area contributed by atoms with Crippen LogP contribution in [0.5, 0.6) is 0 Å². The van der Waals surface area contributed by atoms with Crippen LogP contribution in [0.25, 0.3) is 77.2 Å². The van der Waals surface area contributed by atoms with E-state index < -0.39 is 0 Å². The van der Waals surface area contributed by atoms with Gasteiger partial charge in [0, 0.05) is 32.9 Å². The lowest BCUT2D eigenvalue weighted by atomic mass is 9.96. The van der Waals surface area contributed by atoms with Crippen molar-refractivity contribution >= 4 is 43.6 Å². The lowest BCUT2D eigenvalue weighted by Gasteiger charge is -2.15. The van der Waals surface area contributed by atoms with E-state index in [0.717, 1.165) is 66.5 Å². The fourth-order valence-electron chi connectivity index (χ4n) is 7.19. The second-order valence-electron chi connectivity index (χ2n) is 12.1. The summed E-state index contributed by atoms with van der Waals surface area (Å²) in [7, 11) is 0. The van der Waals surface area contributed by atoms with E-state index in [1.165, 1.54) is 10.8 Å². The summed E-state index contributed by atoms with van der Waals surface area (Å²) in [5, 5.41) is 23.9. The second kappa shape index (κ2) is 10.9. The maximum atomic E-state index is 9.71. The van der Waals surface area contributed by atoms with Crippen LogP contribution in [0.2, 0.25) is 0 Å². The number of nitriles is 2. The van der Waals surface area contributed by atoms with Gasteiger partial charge in [-0.1, -0.05) is 78.9 Å². The molecule has 0 aliphatic heterocycles. The molecule has 0 unspecified atom stereocenters. The van der Waals surface area contributed by atoms with E-state index in [4.69, 9.17) is 0 Å². The van der Waals surface area contributed by atoms with Gasteiger partial charge in [-0.05, 0) is 101 Å². The minimum Gasteiger partial charge on any atom is -0.309 e. The van der Waals surface area contributed by atoms with Crippen LogP contribution in [0.15, 0.2) is 158 Å². The number of hydrogen-bond acceptors (Lipinski definition) is 2. The van der Waals surface area contributed by atoms with Crippen molar-refractivity contribution in [2.75, 3.05) is 0 Å². The summed E-state index contributed by atoms with van der Waals surface area (Å²) < 4.78 is 4.62. The van der Waals surface area contributed by atoms with Crippen LogP contribution in [-0.4, -0.2) is 9.13 Å². The Morgan fingerprint density at radius 1 is 0.333 bits per heavy atom. The Morgan fingerprint density at radius 2 is 0.812 bits per heavy atom. The summed E-state index contributed by atoms with van der Waals surface area (Å²) >= 11 is 0. The van der Waals surface area contributed by atoms with E-state index in [-0.39, 0.29) is 0 Å². The molecule has 0 saturated carbocycles. The number of nitrogens with zero attached hydrogens (tertiary/aromatic N) is 4. The molecule has 0 amide bonds. The van der Waals surface area contributed by atoms with Gasteiger partial charge in [0.1, 0.15) is 0 Å². The van der Waals surface area contributed by atoms with Crippen molar-refractivity contribution in [3.05, 3.63) is 169 Å². The first-order chi connectivity index (χ1) is 23.7. The number of rotatable bonds is 4. The highest BCUT2D eigenvalue weighted by Crippen LogP contribution is 2.38. The molecular weight excluding hydrogens is 585 g/mol. The third-order valence-corrected chi connectivity index (χ3v) is 9.32. The molecule has 0 bridgehead atoms. The van der Waals surface area contributed by atoms with E-state index in [9.17, 15) is 10.5 Å². The van der Waals surface area contributed by atoms with Gasteiger partial charge in [0.05, 0.1) is 45.3 Å². The molecule has 222 valence electrons. The molecule has 0 saturated heterocycles. The van der Waals surface area contributed by atoms with E-state index in [1.807, 2.05) is 42.5 Å². The molecule has 0 spiro atoms. The molecule has 2 heterocycles. The van der Waals surface area contributed by atoms with E-state index in [1.54, 1.807) is 0 Å². The summed E-state index contributed by atoms with van der Waals surface area (Å²) in [6.07, 6.45) is 0. The van der Waals surface area contributed by atoms with E-state index in [0.29, 0.717) is 11.1 Å². The molecule has 48 heavy (non-hydrogen) atoms. The van der Waals surface area contributed by atoms with Gasteiger partial charge in [-0.25, -0.2) is 0 Å². The highest BCUT2D eigenvalue weighted by atomic mass is 15.0. The first kappa shape index (κ1) is 27.4. The van der Waals surface area contributed by atoms with Crippen LogP contribution in [0.1, 0.15) is 11.1 Å². The summed E-state index contributed by atoms with van der Waals surface area (Å²) in [5.41, 5.74) is 12.0. The maximum absolute atomic E-state index is 9.71. The Bertz CT molecular complexity index is 2760. The second-order valence-corrected chi connectivity index (χ2v) is 12.1. The average Bonchev–Trinajstić information content (AvgIpc) is 3.67. The highest BCUT2D eigenvalue weighted by Gasteiger charge is 2.16. The summed E-state index contributed by atoms with van der Waals surface area (Å²) in [4.78, 5) is 0. The highest BCUT2D eigenvalue weighted by molar-refractivity contribution is 6.10. The molecule has 0 atom stereocenters. The van der Waals surface area contributed by atoms with Crippen molar-refractivity contribution in [3.63, 3.8) is 0 Å². The van der Waals surface area contributed by atoms with Crippen molar-refractivity contribution < 1.29 is 0 Å². The monoisotopic (exact) mass is 610 g/mol. The smallest absolute Gasteiger partial charge is 0.0991 e. The third-order valence-electron chi connectivity index (χ3n) is 9.32. The van der Waals surface area contributed by atoms with Crippen LogP contribution in [0, 0.1) is 22.7 Å². The maximum Gasteiger partial charge on any atom is 0.0991 e. The molecule has 2 aromatic heterocycles. The van der Waals surface area contributed by atoms with Gasteiger partial charge in [-0.3, -0.25) is 0 Å². The Hall–Kier alpha value is -6.88. The summed E-state index contributed by atoms with van der Waals surface area (Å²) in [5.74, 6) is 0. The lowest BCUT2D eigenvalue weighted by Crippen LogP contribution is -1.97. The number of hydrogen-bond donors (Lipinski definition) is 0. The van der Waals surface area contributed by atoms with Gasteiger partial charge in [0.25, 0.3) is 0 Å². The molecular formula is C44H26N4. The van der Waals surface area contributed by atoms with Crippen LogP contribution >= 0.6 is 0 Å². The van der Waals surface area contributed by atoms with Crippen LogP contribution in [-0.2, 0) is 0 Å². The molecule has 0 aliphatic carbocycles. The van der Waals surface area contributed by atoms with Gasteiger partial charge in [0.15, 0.2) is 0 Å². The predicted molar refractivity (Wildman–Crippen MR) is 195 cm³/mol. The number of benzene rings is 7. The number of aromatic nitrogens is 2. The van der Waals surface area contributed by atoms with Crippen molar-refractivity contribution in [3.8, 4) is 45.8 Å². The van der Waals surface area contributed by atoms with Crippen molar-refractivity contribution in [2.24, 2.45) is 0 Å². The standard InChI is InChI=1S/C44H26N4/c45-27-29-9-7-10-31(21-29)33-23-34(26-36(25-33)48-41-16-4-1-13-37(41)38-14-2-5-17-42(38)48)32-11-8-12-35(24-32)47-43-18-6-3-15-39(43)40-22-30(28-46)19-20-44(40)47/h1-26H. The molecule has 0 N–H and O–H groups in total. The molecule has 4 heteroatoms. The minimum absolute atomic E-state index is 0.629. The zero-order valence-corrected chi connectivity index (χ0v) is 25.8. The Labute approximate surface area is 277 Å². The molecule has 0 fully saturated rings. The fraction of sp³-hybridized carbons (Fsp3) is 0. The van der Waals surface area contributed by atoms with Crippen LogP contribution < -0.4 is 0 Å². The van der Waals surface area contributed by atoms with Crippen LogP contribution in [0.3, 0.4) is 0 Å². The first-order valence-corrected chi connectivity index (χ1v) is 15.9. The third kappa shape index (κ3) is 4.29. The van der Waals surface area contributed by atoms with Gasteiger partial charge in [-0.2, -0.15) is 10.5 Å². The van der Waals surface area contributed by atoms with Gasteiger partial charge in [0.2, 0.25) is 0 Å². The zero-order valence-electron chi connectivity index (χ0n) is 25.8. The first-order valence-electron chi connectivity index (χ1n) is 15.9. The van der Waals surface area contributed by atoms with Crippen molar-refractivity contribution in [1.82, 2.24) is 9.13 Å². The molecule has 4 nitrogen and oxygen atoms in total. The van der Waals surface area contributed by atoms with Gasteiger partial charge in [-0.15, -0.1) is 0 Å². The quantitative estimate of drug-likeness (QED) is 0.199. The van der Waals surface area contributed by atoms with Gasteiger partial charge < -0.3 is 9.13 Å². The van der Waals surface area contributed by atoms with E-state index >= 15 is 0 Å². The number of para-hydroxylation sites is 3. The number of fused-ring (bicyclic) bond motifs is 6. The van der Waals surface area contributed by atoms with Crippen LogP contribution in [0.4, 0.5) is 0 Å². The fourth-order valence-corrected chi connectivity index (χ4v) is 7.19. The molecule has 9 rings (SSSR count).